The summed E-state index contributed by atoms with van der Waals surface area (Å²) in [6.45, 7) is 5.30. The van der Waals surface area contributed by atoms with Crippen LogP contribution in [-0.2, 0) is 38.1 Å². The van der Waals surface area contributed by atoms with E-state index in [0.717, 1.165) is 0 Å². The van der Waals surface area contributed by atoms with Gasteiger partial charge >= 0.3 is 17.9 Å². The van der Waals surface area contributed by atoms with Gasteiger partial charge in [0.15, 0.2) is 6.29 Å². The molecular formula is C15H24O8. The summed E-state index contributed by atoms with van der Waals surface area (Å²) < 4.78 is 25.9. The van der Waals surface area contributed by atoms with Crippen LogP contribution in [0.2, 0.25) is 0 Å². The number of esters is 3. The predicted octanol–water partition coefficient (Wildman–Crippen LogP) is 0.956. The summed E-state index contributed by atoms with van der Waals surface area (Å²) in [5.41, 5.74) is 0. The van der Waals surface area contributed by atoms with Crippen molar-refractivity contribution in [1.29, 1.82) is 0 Å². The third kappa shape index (κ3) is 7.94. The average molecular weight is 332 g/mol. The van der Waals surface area contributed by atoms with E-state index < -0.39 is 30.4 Å². The summed E-state index contributed by atoms with van der Waals surface area (Å²) in [7, 11) is 0. The van der Waals surface area contributed by atoms with Gasteiger partial charge in [-0.25, -0.2) is 0 Å². The van der Waals surface area contributed by atoms with Crippen LogP contribution in [0.3, 0.4) is 0 Å². The van der Waals surface area contributed by atoms with Gasteiger partial charge in [0.05, 0.1) is 38.3 Å². The Morgan fingerprint density at radius 2 is 1.48 bits per heavy atom. The molecule has 0 N–H and O–H groups in total. The fraction of sp³-hybridized carbons (Fsp3) is 0.800. The van der Waals surface area contributed by atoms with E-state index in [1.807, 2.05) is 0 Å². The van der Waals surface area contributed by atoms with Gasteiger partial charge in [-0.3, -0.25) is 14.4 Å². The van der Waals surface area contributed by atoms with E-state index in [4.69, 9.17) is 23.7 Å². The van der Waals surface area contributed by atoms with Crippen LogP contribution in [-0.4, -0.2) is 56.2 Å². The van der Waals surface area contributed by atoms with Crippen LogP contribution < -0.4 is 0 Å². The Labute approximate surface area is 135 Å². The second kappa shape index (κ2) is 10.2. The van der Waals surface area contributed by atoms with Crippen molar-refractivity contribution in [2.24, 2.45) is 0 Å². The first kappa shape index (κ1) is 19.4. The lowest BCUT2D eigenvalue weighted by Gasteiger charge is -2.34. The van der Waals surface area contributed by atoms with Crippen LogP contribution in [0, 0.1) is 0 Å². The quantitative estimate of drug-likeness (QED) is 0.479. The summed E-state index contributed by atoms with van der Waals surface area (Å²) in [6.07, 6.45) is -1.44. The highest BCUT2D eigenvalue weighted by Crippen LogP contribution is 2.24. The number of carbonyl (C=O) groups is 3. The number of ether oxygens (including phenoxy) is 5. The maximum atomic E-state index is 11.6. The second-order valence-electron chi connectivity index (χ2n) is 5.00. The smallest absolute Gasteiger partial charge is 0.310 e. The number of hydrogen-bond acceptors (Lipinski definition) is 8. The Morgan fingerprint density at radius 1 is 0.913 bits per heavy atom. The molecule has 0 bridgehead atoms. The normalized spacial score (nSPS) is 23.9. The zero-order valence-electron chi connectivity index (χ0n) is 13.7. The molecule has 0 spiro atoms. The SMILES string of the molecule is CCOC(=O)CC1O[C@H](COC(C)=O)C[C@H](CC(=O)OCC)O1. The lowest BCUT2D eigenvalue weighted by atomic mass is 10.1. The van der Waals surface area contributed by atoms with Crippen molar-refractivity contribution in [3.05, 3.63) is 0 Å². The van der Waals surface area contributed by atoms with Crippen LogP contribution in [0.25, 0.3) is 0 Å². The molecule has 0 amide bonds. The second-order valence-corrected chi connectivity index (χ2v) is 5.00. The minimum absolute atomic E-state index is 0.0390. The molecule has 1 rings (SSSR count). The Hall–Kier alpha value is -1.67. The van der Waals surface area contributed by atoms with Crippen molar-refractivity contribution >= 4 is 17.9 Å². The van der Waals surface area contributed by atoms with Gasteiger partial charge in [-0.15, -0.1) is 0 Å². The van der Waals surface area contributed by atoms with E-state index in [1.54, 1.807) is 13.8 Å². The van der Waals surface area contributed by atoms with Gasteiger partial charge in [0.1, 0.15) is 6.61 Å². The average Bonchev–Trinajstić information content (AvgIpc) is 2.45. The molecule has 1 fully saturated rings. The molecule has 0 aromatic heterocycles. The van der Waals surface area contributed by atoms with E-state index in [9.17, 15) is 14.4 Å². The minimum atomic E-state index is -0.845. The van der Waals surface area contributed by atoms with Gasteiger partial charge in [0.2, 0.25) is 0 Å². The maximum absolute atomic E-state index is 11.6. The molecule has 0 aliphatic carbocycles. The minimum Gasteiger partial charge on any atom is -0.466 e. The van der Waals surface area contributed by atoms with Crippen LogP contribution in [0.4, 0.5) is 0 Å². The molecule has 3 atom stereocenters. The van der Waals surface area contributed by atoms with Crippen LogP contribution in [0.15, 0.2) is 0 Å². The number of rotatable bonds is 8. The van der Waals surface area contributed by atoms with Crippen molar-refractivity contribution in [3.63, 3.8) is 0 Å². The molecule has 8 nitrogen and oxygen atoms in total. The Balaban J connectivity index is 2.60. The zero-order valence-corrected chi connectivity index (χ0v) is 13.7. The molecule has 23 heavy (non-hydrogen) atoms. The van der Waals surface area contributed by atoms with Crippen molar-refractivity contribution in [2.45, 2.75) is 58.5 Å². The van der Waals surface area contributed by atoms with E-state index >= 15 is 0 Å². The number of hydrogen-bond donors (Lipinski definition) is 0. The van der Waals surface area contributed by atoms with Gasteiger partial charge in [0.25, 0.3) is 0 Å². The summed E-state index contributed by atoms with van der Waals surface area (Å²) >= 11 is 0. The van der Waals surface area contributed by atoms with Gasteiger partial charge in [-0.1, -0.05) is 0 Å². The Kier molecular flexibility index (Phi) is 8.57. The van der Waals surface area contributed by atoms with Gasteiger partial charge < -0.3 is 23.7 Å². The molecule has 0 radical (unpaired) electrons. The Morgan fingerprint density at radius 3 is 2.04 bits per heavy atom. The Bertz CT molecular complexity index is 380. The molecule has 1 heterocycles. The van der Waals surface area contributed by atoms with Crippen molar-refractivity contribution in [3.8, 4) is 0 Å². The molecular weight excluding hydrogens is 308 g/mol. The summed E-state index contributed by atoms with van der Waals surface area (Å²) in [6, 6.07) is 0. The first-order valence-corrected chi connectivity index (χ1v) is 7.70. The first-order chi connectivity index (χ1) is 10.9. The standard InChI is InChI=1S/C15H24O8/c1-4-19-13(17)7-11-6-12(9-21-10(3)16)23-15(22-11)8-14(18)20-5-2/h11-12,15H,4-9H2,1-3H3/t11-,12+,15?/m1/s1. The summed E-state index contributed by atoms with van der Waals surface area (Å²) in [5, 5.41) is 0. The van der Waals surface area contributed by atoms with E-state index in [0.29, 0.717) is 6.42 Å². The first-order valence-electron chi connectivity index (χ1n) is 7.70. The van der Waals surface area contributed by atoms with E-state index in [2.05, 4.69) is 0 Å². The van der Waals surface area contributed by atoms with Gasteiger partial charge in [-0.05, 0) is 13.8 Å². The highest BCUT2D eigenvalue weighted by atomic mass is 16.7. The molecule has 0 aromatic rings. The molecule has 132 valence electrons. The van der Waals surface area contributed by atoms with Crippen LogP contribution in [0.1, 0.15) is 40.0 Å². The molecule has 0 aromatic carbocycles. The largest absolute Gasteiger partial charge is 0.466 e. The summed E-state index contributed by atoms with van der Waals surface area (Å²) in [5.74, 6) is -1.27. The fourth-order valence-corrected chi connectivity index (χ4v) is 2.17. The van der Waals surface area contributed by atoms with Crippen molar-refractivity contribution < 1.29 is 38.1 Å². The molecule has 1 saturated heterocycles. The van der Waals surface area contributed by atoms with Gasteiger partial charge in [-0.2, -0.15) is 0 Å². The fourth-order valence-electron chi connectivity index (χ4n) is 2.17. The maximum Gasteiger partial charge on any atom is 0.310 e. The van der Waals surface area contributed by atoms with E-state index in [-0.39, 0.29) is 38.6 Å². The molecule has 0 saturated carbocycles. The number of carbonyl (C=O) groups excluding carboxylic acids is 3. The van der Waals surface area contributed by atoms with Crippen LogP contribution >= 0.6 is 0 Å². The topological polar surface area (TPSA) is 97.4 Å². The van der Waals surface area contributed by atoms with Crippen LogP contribution in [0.5, 0.6) is 0 Å². The third-order valence-electron chi connectivity index (χ3n) is 3.03. The van der Waals surface area contributed by atoms with Crippen molar-refractivity contribution in [1.82, 2.24) is 0 Å². The van der Waals surface area contributed by atoms with E-state index in [1.165, 1.54) is 6.92 Å². The highest BCUT2D eigenvalue weighted by molar-refractivity contribution is 5.70. The predicted molar refractivity (Wildman–Crippen MR) is 77.3 cm³/mol. The molecule has 1 aliphatic rings. The molecule has 1 unspecified atom stereocenters. The van der Waals surface area contributed by atoms with Gasteiger partial charge in [0, 0.05) is 13.3 Å². The zero-order chi connectivity index (χ0) is 17.2. The summed E-state index contributed by atoms with van der Waals surface area (Å²) in [4.78, 5) is 34.1. The third-order valence-corrected chi connectivity index (χ3v) is 3.03. The lowest BCUT2D eigenvalue weighted by molar-refractivity contribution is -0.254. The lowest BCUT2D eigenvalue weighted by Crippen LogP contribution is -2.42. The molecule has 8 heteroatoms. The monoisotopic (exact) mass is 332 g/mol. The highest BCUT2D eigenvalue weighted by Gasteiger charge is 2.33. The molecule has 1 aliphatic heterocycles. The van der Waals surface area contributed by atoms with Crippen molar-refractivity contribution in [2.75, 3.05) is 19.8 Å².